The molecule has 1 aromatic carbocycles. The second-order valence-corrected chi connectivity index (χ2v) is 6.29. The number of ether oxygens (including phenoxy) is 1. The molecule has 1 aliphatic heterocycles. The molecule has 1 aliphatic rings. The van der Waals surface area contributed by atoms with Crippen molar-refractivity contribution in [2.45, 2.75) is 31.2 Å². The molecule has 3 rings (SSSR count). The number of hydrogen-bond acceptors (Lipinski definition) is 4. The lowest BCUT2D eigenvalue weighted by molar-refractivity contribution is 0.255. The van der Waals surface area contributed by atoms with Gasteiger partial charge in [-0.15, -0.1) is 11.3 Å². The van der Waals surface area contributed by atoms with E-state index >= 15 is 0 Å². The number of thiophene rings is 1. The standard InChI is InChI=1S/C16H20N2OS/c17-18-13(11-14-4-3-9-20-14)10-12-7-8-19-16-6-2-1-5-15(12)16/h1-6,9,12-13,18H,7-8,10-11,17H2. The predicted molar refractivity (Wildman–Crippen MR) is 83.0 cm³/mol. The largest absolute Gasteiger partial charge is 0.493 e. The van der Waals surface area contributed by atoms with Gasteiger partial charge < -0.3 is 4.74 Å². The van der Waals surface area contributed by atoms with E-state index in [0.29, 0.717) is 12.0 Å². The molecule has 4 heteroatoms. The van der Waals surface area contributed by atoms with Crippen molar-refractivity contribution in [3.63, 3.8) is 0 Å². The number of para-hydroxylation sites is 1. The predicted octanol–water partition coefficient (Wildman–Crippen LogP) is 3.08. The maximum absolute atomic E-state index is 5.75. The highest BCUT2D eigenvalue weighted by molar-refractivity contribution is 7.09. The molecule has 0 aliphatic carbocycles. The van der Waals surface area contributed by atoms with Crippen LogP contribution in [0.3, 0.4) is 0 Å². The molecular weight excluding hydrogens is 268 g/mol. The molecule has 0 bridgehead atoms. The Morgan fingerprint density at radius 1 is 1.30 bits per heavy atom. The van der Waals surface area contributed by atoms with Crippen molar-refractivity contribution in [1.29, 1.82) is 0 Å². The molecule has 20 heavy (non-hydrogen) atoms. The van der Waals surface area contributed by atoms with Gasteiger partial charge in [0.25, 0.3) is 0 Å². The Morgan fingerprint density at radius 3 is 3.00 bits per heavy atom. The Kier molecular flexibility index (Phi) is 4.35. The van der Waals surface area contributed by atoms with E-state index in [0.717, 1.165) is 31.6 Å². The van der Waals surface area contributed by atoms with Crippen LogP contribution in [0.4, 0.5) is 0 Å². The first-order valence-electron chi connectivity index (χ1n) is 7.07. The Balaban J connectivity index is 1.70. The summed E-state index contributed by atoms with van der Waals surface area (Å²) in [6.07, 6.45) is 3.11. The molecular formula is C16H20N2OS. The van der Waals surface area contributed by atoms with E-state index in [2.05, 4.69) is 41.1 Å². The summed E-state index contributed by atoms with van der Waals surface area (Å²) in [5.41, 5.74) is 4.31. The molecule has 2 aromatic rings. The van der Waals surface area contributed by atoms with E-state index in [1.807, 2.05) is 6.07 Å². The van der Waals surface area contributed by atoms with Crippen molar-refractivity contribution < 1.29 is 4.74 Å². The number of hydrazine groups is 1. The summed E-state index contributed by atoms with van der Waals surface area (Å²) in [7, 11) is 0. The van der Waals surface area contributed by atoms with Crippen molar-refractivity contribution in [2.75, 3.05) is 6.61 Å². The van der Waals surface area contributed by atoms with Crippen LogP contribution in [-0.4, -0.2) is 12.6 Å². The highest BCUT2D eigenvalue weighted by Crippen LogP contribution is 2.36. The van der Waals surface area contributed by atoms with Gasteiger partial charge in [-0.25, -0.2) is 0 Å². The molecule has 0 saturated carbocycles. The zero-order chi connectivity index (χ0) is 13.8. The van der Waals surface area contributed by atoms with Crippen LogP contribution in [-0.2, 0) is 6.42 Å². The zero-order valence-corrected chi connectivity index (χ0v) is 12.2. The lowest BCUT2D eigenvalue weighted by Crippen LogP contribution is -2.38. The lowest BCUT2D eigenvalue weighted by atomic mass is 9.86. The molecule has 2 atom stereocenters. The normalized spacial score (nSPS) is 19.1. The van der Waals surface area contributed by atoms with Gasteiger partial charge >= 0.3 is 0 Å². The van der Waals surface area contributed by atoms with Gasteiger partial charge in [0.15, 0.2) is 0 Å². The molecule has 0 amide bonds. The summed E-state index contributed by atoms with van der Waals surface area (Å²) in [5.74, 6) is 7.32. The minimum atomic E-state index is 0.310. The molecule has 106 valence electrons. The van der Waals surface area contributed by atoms with E-state index in [4.69, 9.17) is 10.6 Å². The van der Waals surface area contributed by atoms with Gasteiger partial charge in [-0.2, -0.15) is 0 Å². The summed E-state index contributed by atoms with van der Waals surface area (Å²) in [5, 5.41) is 2.12. The van der Waals surface area contributed by atoms with Gasteiger partial charge in [0.2, 0.25) is 0 Å². The van der Waals surface area contributed by atoms with Crippen molar-refractivity contribution in [3.8, 4) is 5.75 Å². The number of nitrogens with one attached hydrogen (secondary N) is 1. The van der Waals surface area contributed by atoms with Crippen molar-refractivity contribution in [1.82, 2.24) is 5.43 Å². The highest BCUT2D eigenvalue weighted by atomic mass is 32.1. The van der Waals surface area contributed by atoms with E-state index in [-0.39, 0.29) is 0 Å². The summed E-state index contributed by atoms with van der Waals surface area (Å²) < 4.78 is 5.73. The minimum absolute atomic E-state index is 0.310. The highest BCUT2D eigenvalue weighted by Gasteiger charge is 2.24. The molecule has 3 N–H and O–H groups in total. The monoisotopic (exact) mass is 288 g/mol. The average Bonchev–Trinajstić information content (AvgIpc) is 3.00. The third kappa shape index (κ3) is 3.03. The number of hydrogen-bond donors (Lipinski definition) is 2. The third-order valence-corrected chi connectivity index (χ3v) is 4.81. The van der Waals surface area contributed by atoms with E-state index in [1.165, 1.54) is 10.4 Å². The van der Waals surface area contributed by atoms with Gasteiger partial charge in [0, 0.05) is 10.9 Å². The average molecular weight is 288 g/mol. The molecule has 2 heterocycles. The van der Waals surface area contributed by atoms with Crippen LogP contribution in [0.25, 0.3) is 0 Å². The van der Waals surface area contributed by atoms with Crippen LogP contribution in [0, 0.1) is 0 Å². The Bertz CT molecular complexity index is 541. The van der Waals surface area contributed by atoms with Crippen LogP contribution >= 0.6 is 11.3 Å². The van der Waals surface area contributed by atoms with Crippen LogP contribution in [0.2, 0.25) is 0 Å². The SMILES string of the molecule is NNC(Cc1cccs1)CC1CCOc2ccccc21. The lowest BCUT2D eigenvalue weighted by Gasteiger charge is -2.28. The molecule has 3 nitrogen and oxygen atoms in total. The van der Waals surface area contributed by atoms with Crippen LogP contribution in [0.5, 0.6) is 5.75 Å². The first-order chi connectivity index (χ1) is 9.86. The first-order valence-corrected chi connectivity index (χ1v) is 7.95. The van der Waals surface area contributed by atoms with Gasteiger partial charge in [-0.1, -0.05) is 24.3 Å². The number of nitrogens with two attached hydrogens (primary N) is 1. The maximum Gasteiger partial charge on any atom is 0.122 e. The summed E-state index contributed by atoms with van der Waals surface area (Å²) in [6, 6.07) is 12.9. The van der Waals surface area contributed by atoms with Gasteiger partial charge in [-0.3, -0.25) is 11.3 Å². The van der Waals surface area contributed by atoms with Crippen LogP contribution < -0.4 is 16.0 Å². The molecule has 2 unspecified atom stereocenters. The topological polar surface area (TPSA) is 47.3 Å². The van der Waals surface area contributed by atoms with E-state index < -0.39 is 0 Å². The van der Waals surface area contributed by atoms with Crippen molar-refractivity contribution in [2.24, 2.45) is 5.84 Å². The molecule has 0 fully saturated rings. The fourth-order valence-electron chi connectivity index (χ4n) is 2.89. The molecule has 1 aromatic heterocycles. The zero-order valence-electron chi connectivity index (χ0n) is 11.4. The Hall–Kier alpha value is -1.36. The molecule has 0 saturated heterocycles. The molecule has 0 spiro atoms. The fraction of sp³-hybridized carbons (Fsp3) is 0.375. The quantitative estimate of drug-likeness (QED) is 0.656. The third-order valence-electron chi connectivity index (χ3n) is 3.92. The van der Waals surface area contributed by atoms with Gasteiger partial charge in [0.05, 0.1) is 6.61 Å². The number of rotatable bonds is 5. The Morgan fingerprint density at radius 2 is 2.20 bits per heavy atom. The summed E-state index contributed by atoms with van der Waals surface area (Å²) in [4.78, 5) is 1.38. The van der Waals surface area contributed by atoms with Gasteiger partial charge in [-0.05, 0) is 48.3 Å². The second-order valence-electron chi connectivity index (χ2n) is 5.25. The van der Waals surface area contributed by atoms with Gasteiger partial charge in [0.1, 0.15) is 5.75 Å². The van der Waals surface area contributed by atoms with Crippen LogP contribution in [0.15, 0.2) is 41.8 Å². The number of benzene rings is 1. The summed E-state index contributed by atoms with van der Waals surface area (Å²) in [6.45, 7) is 0.804. The first kappa shape index (κ1) is 13.6. The second kappa shape index (κ2) is 6.39. The minimum Gasteiger partial charge on any atom is -0.493 e. The maximum atomic E-state index is 5.75. The van der Waals surface area contributed by atoms with Crippen LogP contribution in [0.1, 0.15) is 29.2 Å². The smallest absolute Gasteiger partial charge is 0.122 e. The van der Waals surface area contributed by atoms with E-state index in [1.54, 1.807) is 11.3 Å². The Labute approximate surface area is 123 Å². The fourth-order valence-corrected chi connectivity index (χ4v) is 3.67. The van der Waals surface area contributed by atoms with Crippen molar-refractivity contribution >= 4 is 11.3 Å². The number of fused-ring (bicyclic) bond motifs is 1. The summed E-state index contributed by atoms with van der Waals surface area (Å²) >= 11 is 1.79. The van der Waals surface area contributed by atoms with E-state index in [9.17, 15) is 0 Å². The molecule has 0 radical (unpaired) electrons. The van der Waals surface area contributed by atoms with Crippen molar-refractivity contribution in [3.05, 3.63) is 52.2 Å².